The van der Waals surface area contributed by atoms with E-state index in [9.17, 15) is 9.90 Å². The first-order valence-electron chi connectivity index (χ1n) is 6.97. The fourth-order valence-corrected chi connectivity index (χ4v) is 3.20. The molecule has 8 heteroatoms. The molecule has 0 aliphatic heterocycles. The van der Waals surface area contributed by atoms with E-state index in [2.05, 4.69) is 36.7 Å². The zero-order chi connectivity index (χ0) is 17.1. The summed E-state index contributed by atoms with van der Waals surface area (Å²) in [5, 5.41) is 20.4. The number of thiophene rings is 1. The van der Waals surface area contributed by atoms with E-state index in [1.54, 1.807) is 29.5 Å². The van der Waals surface area contributed by atoms with Crippen LogP contribution in [-0.4, -0.2) is 27.4 Å². The number of benzene rings is 1. The second kappa shape index (κ2) is 6.98. The summed E-state index contributed by atoms with van der Waals surface area (Å²) >= 11 is 4.93. The van der Waals surface area contributed by atoms with Crippen molar-refractivity contribution in [3.05, 3.63) is 57.0 Å². The summed E-state index contributed by atoms with van der Waals surface area (Å²) in [6, 6.07) is 10.6. The van der Waals surface area contributed by atoms with Gasteiger partial charge in [0.05, 0.1) is 16.8 Å². The van der Waals surface area contributed by atoms with Crippen molar-refractivity contribution >= 4 is 39.4 Å². The van der Waals surface area contributed by atoms with Crippen molar-refractivity contribution in [2.24, 2.45) is 5.10 Å². The fourth-order valence-electron chi connectivity index (χ4n) is 1.99. The van der Waals surface area contributed by atoms with E-state index >= 15 is 0 Å². The number of carbonyl (C=O) groups is 1. The number of rotatable bonds is 4. The maximum atomic E-state index is 12.1. The SMILES string of the molecule is Cc1ccc(-c2cc(C(=O)N/N=C/c3cc(Br)ccc3O)n[nH]2)s1. The predicted molar refractivity (Wildman–Crippen MR) is 97.5 cm³/mol. The Morgan fingerprint density at radius 1 is 1.38 bits per heavy atom. The van der Waals surface area contributed by atoms with Crippen LogP contribution in [0.2, 0.25) is 0 Å². The Balaban J connectivity index is 1.68. The van der Waals surface area contributed by atoms with E-state index in [-0.39, 0.29) is 11.4 Å². The highest BCUT2D eigenvalue weighted by molar-refractivity contribution is 9.10. The van der Waals surface area contributed by atoms with E-state index in [0.29, 0.717) is 5.56 Å². The van der Waals surface area contributed by atoms with E-state index in [0.717, 1.165) is 15.0 Å². The van der Waals surface area contributed by atoms with Crippen molar-refractivity contribution in [1.82, 2.24) is 15.6 Å². The molecule has 3 N–H and O–H groups in total. The number of phenols is 1. The molecule has 0 saturated heterocycles. The van der Waals surface area contributed by atoms with Gasteiger partial charge in [-0.25, -0.2) is 5.43 Å². The number of aromatic amines is 1. The van der Waals surface area contributed by atoms with Crippen LogP contribution in [0.1, 0.15) is 20.9 Å². The highest BCUT2D eigenvalue weighted by Crippen LogP contribution is 2.26. The topological polar surface area (TPSA) is 90.4 Å². The molecule has 0 fully saturated rings. The number of hydrogen-bond donors (Lipinski definition) is 3. The molecule has 0 unspecified atom stereocenters. The second-order valence-corrected chi connectivity index (χ2v) is 7.18. The number of aromatic nitrogens is 2. The monoisotopic (exact) mass is 404 g/mol. The van der Waals surface area contributed by atoms with E-state index in [4.69, 9.17) is 0 Å². The Morgan fingerprint density at radius 3 is 2.96 bits per heavy atom. The van der Waals surface area contributed by atoms with E-state index in [1.807, 2.05) is 19.1 Å². The molecule has 2 heterocycles. The molecule has 6 nitrogen and oxygen atoms in total. The Kier molecular flexibility index (Phi) is 4.77. The summed E-state index contributed by atoms with van der Waals surface area (Å²) in [5.41, 5.74) is 3.90. The summed E-state index contributed by atoms with van der Waals surface area (Å²) in [7, 11) is 0. The van der Waals surface area contributed by atoms with Crippen LogP contribution in [0.3, 0.4) is 0 Å². The molecular weight excluding hydrogens is 392 g/mol. The minimum absolute atomic E-state index is 0.0753. The Bertz CT molecular complexity index is 916. The first-order valence-corrected chi connectivity index (χ1v) is 8.58. The van der Waals surface area contributed by atoms with Gasteiger partial charge in [-0.1, -0.05) is 15.9 Å². The normalized spacial score (nSPS) is 11.1. The molecule has 0 atom stereocenters. The van der Waals surface area contributed by atoms with Gasteiger partial charge in [0.25, 0.3) is 5.91 Å². The highest BCUT2D eigenvalue weighted by Gasteiger charge is 2.11. The van der Waals surface area contributed by atoms with Gasteiger partial charge < -0.3 is 5.11 Å². The van der Waals surface area contributed by atoms with Gasteiger partial charge in [-0.2, -0.15) is 10.2 Å². The number of nitrogens with zero attached hydrogens (tertiary/aromatic N) is 2. The smallest absolute Gasteiger partial charge is 0.291 e. The van der Waals surface area contributed by atoms with Crippen molar-refractivity contribution in [1.29, 1.82) is 0 Å². The average molecular weight is 405 g/mol. The molecule has 24 heavy (non-hydrogen) atoms. The fraction of sp³-hybridized carbons (Fsp3) is 0.0625. The summed E-state index contributed by atoms with van der Waals surface area (Å²) < 4.78 is 0.802. The zero-order valence-electron chi connectivity index (χ0n) is 12.6. The Labute approximate surface area is 150 Å². The lowest BCUT2D eigenvalue weighted by Crippen LogP contribution is -2.18. The number of phenolic OH excluding ortho intramolecular Hbond substituents is 1. The number of hydrazone groups is 1. The van der Waals surface area contributed by atoms with Crippen molar-refractivity contribution in [2.75, 3.05) is 0 Å². The van der Waals surface area contributed by atoms with Crippen LogP contribution in [0.15, 0.2) is 46.0 Å². The molecule has 3 aromatic rings. The van der Waals surface area contributed by atoms with Crippen LogP contribution in [0, 0.1) is 6.92 Å². The lowest BCUT2D eigenvalue weighted by atomic mass is 10.2. The molecule has 2 aromatic heterocycles. The molecule has 0 aliphatic rings. The van der Waals surface area contributed by atoms with Gasteiger partial charge in [-0.05, 0) is 43.3 Å². The summed E-state index contributed by atoms with van der Waals surface area (Å²) in [4.78, 5) is 14.3. The number of carbonyl (C=O) groups excluding carboxylic acids is 1. The van der Waals surface area contributed by atoms with Gasteiger partial charge in [-0.3, -0.25) is 9.89 Å². The Morgan fingerprint density at radius 2 is 2.21 bits per heavy atom. The summed E-state index contributed by atoms with van der Waals surface area (Å²) in [6.07, 6.45) is 1.37. The van der Waals surface area contributed by atoms with Gasteiger partial charge in [-0.15, -0.1) is 11.3 Å². The van der Waals surface area contributed by atoms with Crippen molar-refractivity contribution in [3.8, 4) is 16.3 Å². The third-order valence-electron chi connectivity index (χ3n) is 3.18. The van der Waals surface area contributed by atoms with Gasteiger partial charge in [0.15, 0.2) is 5.69 Å². The lowest BCUT2D eigenvalue weighted by molar-refractivity contribution is 0.0950. The zero-order valence-corrected chi connectivity index (χ0v) is 15.0. The van der Waals surface area contributed by atoms with Crippen molar-refractivity contribution in [3.63, 3.8) is 0 Å². The third-order valence-corrected chi connectivity index (χ3v) is 4.70. The van der Waals surface area contributed by atoms with E-state index in [1.165, 1.54) is 17.2 Å². The second-order valence-electron chi connectivity index (χ2n) is 4.98. The maximum Gasteiger partial charge on any atom is 0.291 e. The quantitative estimate of drug-likeness (QED) is 0.457. The molecule has 0 saturated carbocycles. The standard InChI is InChI=1S/C16H13BrN4O2S/c1-9-2-5-15(24-9)12-7-13(20-19-12)16(23)21-18-8-10-6-11(17)3-4-14(10)22/h2-8,22H,1H3,(H,19,20)(H,21,23)/b18-8+. The van der Waals surface area contributed by atoms with Gasteiger partial charge >= 0.3 is 0 Å². The Hall–Kier alpha value is -2.45. The number of amides is 1. The highest BCUT2D eigenvalue weighted by atomic mass is 79.9. The first kappa shape index (κ1) is 16.4. The van der Waals surface area contributed by atoms with Crippen LogP contribution in [0.4, 0.5) is 0 Å². The summed E-state index contributed by atoms with van der Waals surface area (Å²) in [5.74, 6) is -0.358. The molecule has 0 aliphatic carbocycles. The number of aryl methyl sites for hydroxylation is 1. The average Bonchev–Trinajstić information content (AvgIpc) is 3.19. The number of H-pyrrole nitrogens is 1. The van der Waals surface area contributed by atoms with Crippen molar-refractivity contribution in [2.45, 2.75) is 6.92 Å². The maximum absolute atomic E-state index is 12.1. The molecule has 0 radical (unpaired) electrons. The van der Waals surface area contributed by atoms with Gasteiger partial charge in [0.1, 0.15) is 5.75 Å². The van der Waals surface area contributed by atoms with E-state index < -0.39 is 5.91 Å². The molecule has 3 rings (SSSR count). The predicted octanol–water partition coefficient (Wildman–Crippen LogP) is 3.68. The van der Waals surface area contributed by atoms with Crippen LogP contribution < -0.4 is 5.43 Å². The number of aromatic hydroxyl groups is 1. The lowest BCUT2D eigenvalue weighted by Gasteiger charge is -1.99. The first-order chi connectivity index (χ1) is 11.5. The minimum atomic E-state index is -0.434. The van der Waals surface area contributed by atoms with Crippen LogP contribution in [0.25, 0.3) is 10.6 Å². The summed E-state index contributed by atoms with van der Waals surface area (Å²) in [6.45, 7) is 2.02. The molecule has 0 bridgehead atoms. The molecule has 122 valence electrons. The van der Waals surface area contributed by atoms with Gasteiger partial charge in [0.2, 0.25) is 0 Å². The number of nitrogens with one attached hydrogen (secondary N) is 2. The number of hydrogen-bond acceptors (Lipinski definition) is 5. The van der Waals surface area contributed by atoms with Crippen molar-refractivity contribution < 1.29 is 9.90 Å². The molecule has 0 spiro atoms. The third kappa shape index (κ3) is 3.72. The minimum Gasteiger partial charge on any atom is -0.507 e. The molecule has 1 amide bonds. The van der Waals surface area contributed by atoms with Gasteiger partial charge in [0, 0.05) is 14.9 Å². The molecule has 1 aromatic carbocycles. The van der Waals surface area contributed by atoms with Crippen LogP contribution >= 0.6 is 27.3 Å². The van der Waals surface area contributed by atoms with Crippen LogP contribution in [-0.2, 0) is 0 Å². The molecular formula is C16H13BrN4O2S. The number of halogens is 1. The van der Waals surface area contributed by atoms with Crippen LogP contribution in [0.5, 0.6) is 5.75 Å². The largest absolute Gasteiger partial charge is 0.507 e.